The third-order valence-electron chi connectivity index (χ3n) is 4.96. The number of sulfonamides is 1. The smallest absolute Gasteiger partial charge is 0.422 e. The van der Waals surface area contributed by atoms with Crippen LogP contribution in [0.3, 0.4) is 0 Å². The molecule has 3 rings (SSSR count). The molecule has 9 nitrogen and oxygen atoms in total. The fourth-order valence-electron chi connectivity index (χ4n) is 3.40. The minimum Gasteiger partial charge on any atom is -0.482 e. The summed E-state index contributed by atoms with van der Waals surface area (Å²) in [4.78, 5) is 23.2. The highest BCUT2D eigenvalue weighted by molar-refractivity contribution is 7.89. The number of nitrogens with zero attached hydrogens (tertiary/aromatic N) is 2. The summed E-state index contributed by atoms with van der Waals surface area (Å²) in [5.41, 5.74) is -0.977. The number of ether oxygens (including phenoxy) is 1. The van der Waals surface area contributed by atoms with Crippen molar-refractivity contribution in [2.24, 2.45) is 0 Å². The first kappa shape index (κ1) is 24.5. The van der Waals surface area contributed by atoms with Crippen LogP contribution in [0.15, 0.2) is 41.3 Å². The molecule has 0 aromatic heterocycles. The summed E-state index contributed by atoms with van der Waals surface area (Å²) in [6.07, 6.45) is -3.34. The fraction of sp³-hybridized carbons (Fsp3) is 0.350. The number of aryl methyl sites for hydroxylation is 1. The van der Waals surface area contributed by atoms with E-state index in [4.69, 9.17) is 4.74 Å². The van der Waals surface area contributed by atoms with E-state index in [9.17, 15) is 36.5 Å². The van der Waals surface area contributed by atoms with Gasteiger partial charge in [0.15, 0.2) is 6.61 Å². The zero-order valence-corrected chi connectivity index (χ0v) is 18.2. The summed E-state index contributed by atoms with van der Waals surface area (Å²) >= 11 is 0. The number of hydrogen-bond donors (Lipinski definition) is 1. The number of nitro groups is 1. The third-order valence-corrected chi connectivity index (χ3v) is 6.85. The van der Waals surface area contributed by atoms with Crippen molar-refractivity contribution in [2.75, 3.05) is 25.0 Å². The quantitative estimate of drug-likeness (QED) is 0.468. The minimum absolute atomic E-state index is 0.201. The van der Waals surface area contributed by atoms with Gasteiger partial charge < -0.3 is 10.1 Å². The molecule has 1 aliphatic heterocycles. The molecule has 178 valence electrons. The molecule has 33 heavy (non-hydrogen) atoms. The number of benzene rings is 2. The lowest BCUT2D eigenvalue weighted by Gasteiger charge is -2.18. The third kappa shape index (κ3) is 5.60. The number of carbonyl (C=O) groups excluding carboxylic acids is 1. The molecular formula is C20H20F3N3O6S. The van der Waals surface area contributed by atoms with Crippen molar-refractivity contribution in [3.8, 4) is 5.75 Å². The van der Waals surface area contributed by atoms with Crippen LogP contribution in [0.4, 0.5) is 24.5 Å². The van der Waals surface area contributed by atoms with Gasteiger partial charge in [-0.25, -0.2) is 8.42 Å². The van der Waals surface area contributed by atoms with E-state index in [0.717, 1.165) is 18.2 Å². The maximum absolute atomic E-state index is 12.9. The van der Waals surface area contributed by atoms with E-state index in [1.807, 2.05) is 0 Å². The Morgan fingerprint density at radius 2 is 1.88 bits per heavy atom. The number of nitro benzene ring substituents is 1. The molecule has 0 unspecified atom stereocenters. The number of alkyl halides is 3. The predicted octanol–water partition coefficient (Wildman–Crippen LogP) is 3.88. The standard InChI is InChI=1S/C20H20F3N3O6S/c1-13-5-4-6-15(18(13)26(28)29)19(27)24-16-11-14(33(30,31)25-9-2-3-10-25)7-8-17(16)32-12-20(21,22)23/h4-8,11H,2-3,9-10,12H2,1H3,(H,24,27). The van der Waals surface area contributed by atoms with Gasteiger partial charge in [0.05, 0.1) is 15.5 Å². The SMILES string of the molecule is Cc1cccc(C(=O)Nc2cc(S(=O)(=O)N3CCCC3)ccc2OCC(F)(F)F)c1[N+](=O)[O-]. The minimum atomic E-state index is -4.68. The van der Waals surface area contributed by atoms with Crippen molar-refractivity contribution in [3.05, 3.63) is 57.6 Å². The normalized spacial score (nSPS) is 14.8. The first-order valence-corrected chi connectivity index (χ1v) is 11.2. The van der Waals surface area contributed by atoms with Gasteiger partial charge in [-0.1, -0.05) is 12.1 Å². The van der Waals surface area contributed by atoms with Crippen LogP contribution in [-0.2, 0) is 10.0 Å². The van der Waals surface area contributed by atoms with E-state index in [2.05, 4.69) is 5.32 Å². The number of carbonyl (C=O) groups is 1. The zero-order chi connectivity index (χ0) is 24.4. The fourth-order valence-corrected chi connectivity index (χ4v) is 4.95. The monoisotopic (exact) mass is 487 g/mol. The van der Waals surface area contributed by atoms with E-state index in [1.54, 1.807) is 0 Å². The molecule has 0 atom stereocenters. The van der Waals surface area contributed by atoms with Crippen LogP contribution in [0.2, 0.25) is 0 Å². The molecule has 0 aliphatic carbocycles. The second kappa shape index (κ2) is 9.35. The van der Waals surface area contributed by atoms with Crippen molar-refractivity contribution in [1.29, 1.82) is 0 Å². The molecule has 2 aromatic rings. The molecule has 1 saturated heterocycles. The first-order valence-electron chi connectivity index (χ1n) is 9.79. The van der Waals surface area contributed by atoms with Gasteiger partial charge in [0.25, 0.3) is 11.6 Å². The van der Waals surface area contributed by atoms with Crippen LogP contribution in [-0.4, -0.2) is 49.4 Å². The number of para-hydroxylation sites is 1. The summed E-state index contributed by atoms with van der Waals surface area (Å²) in [5.74, 6) is -1.44. The van der Waals surface area contributed by atoms with Crippen LogP contribution in [0.1, 0.15) is 28.8 Å². The van der Waals surface area contributed by atoms with Crippen molar-refractivity contribution < 1.29 is 36.0 Å². The summed E-state index contributed by atoms with van der Waals surface area (Å²) in [6, 6.07) is 7.10. The second-order valence-corrected chi connectivity index (χ2v) is 9.29. The lowest BCUT2D eigenvalue weighted by Crippen LogP contribution is -2.28. The lowest BCUT2D eigenvalue weighted by atomic mass is 10.1. The largest absolute Gasteiger partial charge is 0.482 e. The maximum atomic E-state index is 12.9. The molecule has 0 spiro atoms. The van der Waals surface area contributed by atoms with E-state index >= 15 is 0 Å². The molecule has 1 amide bonds. The van der Waals surface area contributed by atoms with Crippen LogP contribution in [0, 0.1) is 17.0 Å². The molecule has 2 aromatic carbocycles. The number of halogens is 3. The Balaban J connectivity index is 2.01. The Hall–Kier alpha value is -3.19. The van der Waals surface area contributed by atoms with Gasteiger partial charge in [0.1, 0.15) is 11.3 Å². The molecule has 0 radical (unpaired) electrons. The average Bonchev–Trinajstić information content (AvgIpc) is 3.27. The van der Waals surface area contributed by atoms with Gasteiger partial charge >= 0.3 is 6.18 Å². The topological polar surface area (TPSA) is 119 Å². The number of rotatable bonds is 7. The van der Waals surface area contributed by atoms with Gasteiger partial charge in [0.2, 0.25) is 10.0 Å². The molecule has 1 aliphatic rings. The van der Waals surface area contributed by atoms with E-state index < -0.39 is 45.1 Å². The van der Waals surface area contributed by atoms with Crippen LogP contribution < -0.4 is 10.1 Å². The average molecular weight is 487 g/mol. The number of hydrogen-bond acceptors (Lipinski definition) is 6. The molecule has 1 N–H and O–H groups in total. The van der Waals surface area contributed by atoms with Crippen molar-refractivity contribution in [2.45, 2.75) is 30.8 Å². The highest BCUT2D eigenvalue weighted by atomic mass is 32.2. The van der Waals surface area contributed by atoms with E-state index in [1.165, 1.54) is 29.4 Å². The highest BCUT2D eigenvalue weighted by Crippen LogP contribution is 2.33. The predicted molar refractivity (Wildman–Crippen MR) is 112 cm³/mol. The molecule has 0 bridgehead atoms. The van der Waals surface area contributed by atoms with Crippen LogP contribution >= 0.6 is 0 Å². The molecule has 13 heteroatoms. The van der Waals surface area contributed by atoms with Gasteiger partial charge in [0, 0.05) is 18.7 Å². The molecule has 1 heterocycles. The second-order valence-electron chi connectivity index (χ2n) is 7.36. The summed E-state index contributed by atoms with van der Waals surface area (Å²) in [7, 11) is -3.95. The van der Waals surface area contributed by atoms with Crippen molar-refractivity contribution >= 4 is 27.3 Å². The van der Waals surface area contributed by atoms with E-state index in [0.29, 0.717) is 25.9 Å². The Kier molecular flexibility index (Phi) is 6.93. The first-order chi connectivity index (χ1) is 15.4. The number of nitrogens with one attached hydrogen (secondary N) is 1. The van der Waals surface area contributed by atoms with Gasteiger partial charge in [-0.15, -0.1) is 0 Å². The molecular weight excluding hydrogens is 467 g/mol. The van der Waals surface area contributed by atoms with Crippen LogP contribution in [0.25, 0.3) is 0 Å². The maximum Gasteiger partial charge on any atom is 0.422 e. The van der Waals surface area contributed by atoms with Crippen molar-refractivity contribution in [1.82, 2.24) is 4.31 Å². The van der Waals surface area contributed by atoms with E-state index in [-0.39, 0.29) is 21.7 Å². The highest BCUT2D eigenvalue weighted by Gasteiger charge is 2.31. The summed E-state index contributed by atoms with van der Waals surface area (Å²) < 4.78 is 69.7. The van der Waals surface area contributed by atoms with Gasteiger partial charge in [-0.3, -0.25) is 14.9 Å². The zero-order valence-electron chi connectivity index (χ0n) is 17.4. The van der Waals surface area contributed by atoms with Crippen LogP contribution in [0.5, 0.6) is 5.75 Å². The Bertz CT molecular complexity index is 1180. The Morgan fingerprint density at radius 3 is 2.48 bits per heavy atom. The lowest BCUT2D eigenvalue weighted by molar-refractivity contribution is -0.385. The van der Waals surface area contributed by atoms with Crippen molar-refractivity contribution in [3.63, 3.8) is 0 Å². The number of amides is 1. The summed E-state index contributed by atoms with van der Waals surface area (Å²) in [5, 5.41) is 13.7. The Labute approximate surface area is 187 Å². The summed E-state index contributed by atoms with van der Waals surface area (Å²) in [6.45, 7) is 0.340. The van der Waals surface area contributed by atoms with Gasteiger partial charge in [-0.05, 0) is 44.0 Å². The van der Waals surface area contributed by atoms with Gasteiger partial charge in [-0.2, -0.15) is 17.5 Å². The Morgan fingerprint density at radius 1 is 1.21 bits per heavy atom. The molecule has 0 saturated carbocycles. The molecule has 1 fully saturated rings. The number of anilines is 1.